The van der Waals surface area contributed by atoms with E-state index in [2.05, 4.69) is 4.98 Å². The van der Waals surface area contributed by atoms with Crippen LogP contribution in [0.2, 0.25) is 0 Å². The van der Waals surface area contributed by atoms with Gasteiger partial charge in [-0.05, 0) is 36.6 Å². The summed E-state index contributed by atoms with van der Waals surface area (Å²) in [4.78, 5) is 18.6. The lowest BCUT2D eigenvalue weighted by Crippen LogP contribution is -2.41. The molecule has 3 rings (SSSR count). The maximum atomic E-state index is 13.3. The Hall–Kier alpha value is -2.91. The van der Waals surface area contributed by atoms with Crippen LogP contribution in [0.25, 0.3) is 0 Å². The molecule has 9 heteroatoms. The number of nitrogens with zero attached hydrogens (tertiary/aromatic N) is 3. The van der Waals surface area contributed by atoms with Crippen LogP contribution in [0.4, 0.5) is 5.69 Å². The van der Waals surface area contributed by atoms with Crippen LogP contribution in [0.3, 0.4) is 0 Å². The van der Waals surface area contributed by atoms with Gasteiger partial charge in [0.05, 0.1) is 25.5 Å². The number of ether oxygens (including phenoxy) is 1. The van der Waals surface area contributed by atoms with Crippen molar-refractivity contribution in [1.29, 1.82) is 0 Å². The van der Waals surface area contributed by atoms with Crippen LogP contribution in [0.1, 0.15) is 17.3 Å². The number of thiophene rings is 1. The third-order valence-corrected chi connectivity index (χ3v) is 7.72. The fourth-order valence-corrected chi connectivity index (χ4v) is 5.47. The second-order valence-electron chi connectivity index (χ2n) is 6.32. The molecule has 0 atom stereocenters. The zero-order valence-electron chi connectivity index (χ0n) is 16.8. The Labute approximate surface area is 180 Å². The standard InChI is InChI=1S/C21H23N3O4S2/c1-3-23(21(25)17-8-5-4-6-9-17)13-14-24(18-11-12-19(28-2)22-16-18)30(26,27)20-10-7-15-29-20/h4-12,15-16H,3,13-14H2,1-2H3. The largest absolute Gasteiger partial charge is 0.481 e. The van der Waals surface area contributed by atoms with Gasteiger partial charge in [-0.2, -0.15) is 0 Å². The van der Waals surface area contributed by atoms with Gasteiger partial charge in [0.1, 0.15) is 4.21 Å². The highest BCUT2D eigenvalue weighted by Gasteiger charge is 2.27. The number of rotatable bonds is 9. The number of carbonyl (C=O) groups is 1. The second-order valence-corrected chi connectivity index (χ2v) is 9.36. The van der Waals surface area contributed by atoms with E-state index >= 15 is 0 Å². The molecule has 0 fully saturated rings. The predicted octanol–water partition coefficient (Wildman–Crippen LogP) is 3.51. The highest BCUT2D eigenvalue weighted by molar-refractivity contribution is 7.94. The van der Waals surface area contributed by atoms with Crippen molar-refractivity contribution in [2.75, 3.05) is 31.0 Å². The van der Waals surface area contributed by atoms with E-state index in [9.17, 15) is 13.2 Å². The van der Waals surface area contributed by atoms with Gasteiger partial charge in [-0.3, -0.25) is 9.10 Å². The quantitative estimate of drug-likeness (QED) is 0.504. The predicted molar refractivity (Wildman–Crippen MR) is 118 cm³/mol. The van der Waals surface area contributed by atoms with Crippen LogP contribution in [0.15, 0.2) is 70.4 Å². The van der Waals surface area contributed by atoms with Gasteiger partial charge in [0.2, 0.25) is 5.88 Å². The summed E-state index contributed by atoms with van der Waals surface area (Å²) in [6.45, 7) is 2.66. The third-order valence-electron chi connectivity index (χ3n) is 4.52. The number of likely N-dealkylation sites (N-methyl/N-ethyl adjacent to an activating group) is 1. The molecule has 0 aliphatic carbocycles. The molecule has 2 heterocycles. The number of hydrogen-bond donors (Lipinski definition) is 0. The third kappa shape index (κ3) is 4.80. The molecular weight excluding hydrogens is 422 g/mol. The Balaban J connectivity index is 1.87. The summed E-state index contributed by atoms with van der Waals surface area (Å²) in [7, 11) is -2.30. The highest BCUT2D eigenvalue weighted by atomic mass is 32.2. The van der Waals surface area contributed by atoms with Gasteiger partial charge in [-0.1, -0.05) is 24.3 Å². The zero-order chi connectivity index (χ0) is 21.6. The average molecular weight is 446 g/mol. The monoisotopic (exact) mass is 445 g/mol. The first-order chi connectivity index (χ1) is 14.5. The van der Waals surface area contributed by atoms with Crippen molar-refractivity contribution in [2.45, 2.75) is 11.1 Å². The van der Waals surface area contributed by atoms with E-state index in [1.165, 1.54) is 17.6 Å². The number of methoxy groups -OCH3 is 1. The number of amides is 1. The van der Waals surface area contributed by atoms with Crippen LogP contribution in [0, 0.1) is 0 Å². The van der Waals surface area contributed by atoms with Crippen molar-refractivity contribution in [1.82, 2.24) is 9.88 Å². The van der Waals surface area contributed by atoms with E-state index in [0.717, 1.165) is 11.3 Å². The van der Waals surface area contributed by atoms with Crippen molar-refractivity contribution in [2.24, 2.45) is 0 Å². The van der Waals surface area contributed by atoms with Crippen molar-refractivity contribution < 1.29 is 17.9 Å². The van der Waals surface area contributed by atoms with E-state index < -0.39 is 10.0 Å². The van der Waals surface area contributed by atoms with Gasteiger partial charge >= 0.3 is 0 Å². The maximum Gasteiger partial charge on any atom is 0.273 e. The lowest BCUT2D eigenvalue weighted by atomic mass is 10.2. The first kappa shape index (κ1) is 21.8. The lowest BCUT2D eigenvalue weighted by molar-refractivity contribution is 0.0769. The van der Waals surface area contributed by atoms with Gasteiger partial charge in [-0.25, -0.2) is 13.4 Å². The molecule has 0 radical (unpaired) electrons. The fourth-order valence-electron chi connectivity index (χ4n) is 2.93. The summed E-state index contributed by atoms with van der Waals surface area (Å²) in [5, 5.41) is 1.72. The maximum absolute atomic E-state index is 13.3. The van der Waals surface area contributed by atoms with Crippen molar-refractivity contribution in [3.05, 3.63) is 71.7 Å². The lowest BCUT2D eigenvalue weighted by Gasteiger charge is -2.28. The van der Waals surface area contributed by atoms with Crippen LogP contribution >= 0.6 is 11.3 Å². The van der Waals surface area contributed by atoms with Gasteiger partial charge in [-0.15, -0.1) is 11.3 Å². The number of hydrogen-bond acceptors (Lipinski definition) is 6. The van der Waals surface area contributed by atoms with E-state index in [1.807, 2.05) is 13.0 Å². The number of aromatic nitrogens is 1. The summed E-state index contributed by atoms with van der Waals surface area (Å²) in [5.74, 6) is 0.251. The Bertz CT molecular complexity index is 1050. The first-order valence-corrected chi connectivity index (χ1v) is 11.7. The first-order valence-electron chi connectivity index (χ1n) is 9.38. The molecule has 1 amide bonds. The van der Waals surface area contributed by atoms with Crippen LogP contribution in [-0.4, -0.2) is 51.0 Å². The Morgan fingerprint density at radius 1 is 1.07 bits per heavy atom. The summed E-state index contributed by atoms with van der Waals surface area (Å²) < 4.78 is 33.1. The number of benzene rings is 1. The molecular formula is C21H23N3O4S2. The number of sulfonamides is 1. The van der Waals surface area contributed by atoms with Crippen molar-refractivity contribution >= 4 is 33.0 Å². The molecule has 30 heavy (non-hydrogen) atoms. The minimum Gasteiger partial charge on any atom is -0.481 e. The molecule has 158 valence electrons. The van der Waals surface area contributed by atoms with Gasteiger partial charge in [0.15, 0.2) is 0 Å². The van der Waals surface area contributed by atoms with Gasteiger partial charge < -0.3 is 9.64 Å². The minimum atomic E-state index is -3.79. The fraction of sp³-hybridized carbons (Fsp3) is 0.238. The average Bonchev–Trinajstić information content (AvgIpc) is 3.33. The SMILES string of the molecule is CCN(CCN(c1ccc(OC)nc1)S(=O)(=O)c1cccs1)C(=O)c1ccccc1. The molecule has 2 aromatic heterocycles. The number of carbonyl (C=O) groups excluding carboxylic acids is 1. The van der Waals surface area contributed by atoms with Crippen molar-refractivity contribution in [3.63, 3.8) is 0 Å². The van der Waals surface area contributed by atoms with Gasteiger partial charge in [0.25, 0.3) is 15.9 Å². The topological polar surface area (TPSA) is 79.8 Å². The molecule has 0 aliphatic rings. The smallest absolute Gasteiger partial charge is 0.273 e. The number of anilines is 1. The molecule has 0 N–H and O–H groups in total. The summed E-state index contributed by atoms with van der Waals surface area (Å²) in [6, 6.07) is 15.5. The Morgan fingerprint density at radius 2 is 1.83 bits per heavy atom. The van der Waals surface area contributed by atoms with Crippen molar-refractivity contribution in [3.8, 4) is 5.88 Å². The van der Waals surface area contributed by atoms with E-state index in [1.54, 1.807) is 58.8 Å². The van der Waals surface area contributed by atoms with E-state index in [0.29, 0.717) is 23.7 Å². The zero-order valence-corrected chi connectivity index (χ0v) is 18.4. The second kappa shape index (κ2) is 9.73. The molecule has 0 saturated carbocycles. The molecule has 0 saturated heterocycles. The normalized spacial score (nSPS) is 11.1. The van der Waals surface area contributed by atoms with Crippen LogP contribution in [-0.2, 0) is 10.0 Å². The van der Waals surface area contributed by atoms with Gasteiger partial charge in [0, 0.05) is 24.7 Å². The molecule has 0 bridgehead atoms. The van der Waals surface area contributed by atoms with Crippen LogP contribution < -0.4 is 9.04 Å². The molecule has 0 aliphatic heterocycles. The Morgan fingerprint density at radius 3 is 2.40 bits per heavy atom. The summed E-state index contributed by atoms with van der Waals surface area (Å²) >= 11 is 1.15. The molecule has 0 unspecified atom stereocenters. The highest BCUT2D eigenvalue weighted by Crippen LogP contribution is 2.27. The van der Waals surface area contributed by atoms with E-state index in [-0.39, 0.29) is 23.2 Å². The molecule has 7 nitrogen and oxygen atoms in total. The number of pyridine rings is 1. The summed E-state index contributed by atoms with van der Waals surface area (Å²) in [5.41, 5.74) is 0.977. The Kier molecular flexibility index (Phi) is 7.07. The molecule has 3 aromatic rings. The minimum absolute atomic E-state index is 0.0979. The summed E-state index contributed by atoms with van der Waals surface area (Å²) in [6.07, 6.45) is 1.46. The molecule has 0 spiro atoms. The molecule has 1 aromatic carbocycles. The van der Waals surface area contributed by atoms with Crippen LogP contribution in [0.5, 0.6) is 5.88 Å². The van der Waals surface area contributed by atoms with E-state index in [4.69, 9.17) is 4.74 Å².